The molecule has 0 aliphatic carbocycles. The molecule has 0 bridgehead atoms. The molecule has 0 aromatic carbocycles. The van der Waals surface area contributed by atoms with Crippen LogP contribution in [0.3, 0.4) is 0 Å². The molecule has 0 aliphatic rings. The summed E-state index contributed by atoms with van der Waals surface area (Å²) in [5.41, 5.74) is 5.54. The zero-order chi connectivity index (χ0) is 14.1. The first-order valence-electron chi connectivity index (χ1n) is 7.37. The fourth-order valence-corrected chi connectivity index (χ4v) is 1.85. The highest BCUT2D eigenvalue weighted by molar-refractivity contribution is 5.78. The molecule has 1 atom stereocenters. The fraction of sp³-hybridized carbons (Fsp3) is 0.933. The van der Waals surface area contributed by atoms with Crippen molar-refractivity contribution >= 4 is 5.91 Å². The molecule has 0 radical (unpaired) electrons. The van der Waals surface area contributed by atoms with E-state index in [4.69, 9.17) is 5.73 Å². The van der Waals surface area contributed by atoms with E-state index < -0.39 is 0 Å². The molecule has 0 spiro atoms. The summed E-state index contributed by atoms with van der Waals surface area (Å²) in [6.45, 7) is 13.2. The van der Waals surface area contributed by atoms with Crippen LogP contribution in [0.4, 0.5) is 0 Å². The molecule has 0 rings (SSSR count). The van der Waals surface area contributed by atoms with E-state index in [9.17, 15) is 4.79 Å². The maximum absolute atomic E-state index is 12.3. The standard InChI is InChI=1S/C15H32N2O/c1-12(2)7-10-17(11-8-13(3)4)15(18)14(5)6-9-16/h12-14H,6-11,16H2,1-5H3. The van der Waals surface area contributed by atoms with Gasteiger partial charge >= 0.3 is 0 Å². The Labute approximate surface area is 113 Å². The van der Waals surface area contributed by atoms with Crippen LogP contribution < -0.4 is 5.73 Å². The van der Waals surface area contributed by atoms with Crippen LogP contribution in [0.2, 0.25) is 0 Å². The minimum atomic E-state index is 0.0642. The minimum absolute atomic E-state index is 0.0642. The van der Waals surface area contributed by atoms with Gasteiger partial charge in [-0.2, -0.15) is 0 Å². The lowest BCUT2D eigenvalue weighted by Crippen LogP contribution is -2.38. The number of carbonyl (C=O) groups excluding carboxylic acids is 1. The van der Waals surface area contributed by atoms with Crippen LogP contribution in [0.5, 0.6) is 0 Å². The Hall–Kier alpha value is -0.570. The molecule has 0 fully saturated rings. The summed E-state index contributed by atoms with van der Waals surface area (Å²) in [6, 6.07) is 0. The first-order valence-corrected chi connectivity index (χ1v) is 7.37. The molecule has 3 nitrogen and oxygen atoms in total. The van der Waals surface area contributed by atoms with Crippen molar-refractivity contribution < 1.29 is 4.79 Å². The lowest BCUT2D eigenvalue weighted by molar-refractivity contribution is -0.135. The molecule has 0 heterocycles. The van der Waals surface area contributed by atoms with Gasteiger partial charge in [0.15, 0.2) is 0 Å². The second-order valence-electron chi connectivity index (χ2n) is 6.17. The number of carbonyl (C=O) groups is 1. The molecular formula is C15H32N2O. The van der Waals surface area contributed by atoms with Gasteiger partial charge in [0.05, 0.1) is 0 Å². The molecular weight excluding hydrogens is 224 g/mol. The van der Waals surface area contributed by atoms with Crippen molar-refractivity contribution in [2.24, 2.45) is 23.5 Å². The van der Waals surface area contributed by atoms with Gasteiger partial charge in [-0.25, -0.2) is 0 Å². The van der Waals surface area contributed by atoms with Gasteiger partial charge < -0.3 is 10.6 Å². The number of nitrogens with two attached hydrogens (primary N) is 1. The Morgan fingerprint density at radius 3 is 1.72 bits per heavy atom. The Bertz CT molecular complexity index is 215. The molecule has 0 aromatic heterocycles. The smallest absolute Gasteiger partial charge is 0.225 e. The van der Waals surface area contributed by atoms with Gasteiger partial charge in [0.25, 0.3) is 0 Å². The number of hydrogen-bond acceptors (Lipinski definition) is 2. The quantitative estimate of drug-likeness (QED) is 0.689. The third kappa shape index (κ3) is 7.70. The molecule has 18 heavy (non-hydrogen) atoms. The van der Waals surface area contributed by atoms with E-state index in [2.05, 4.69) is 27.7 Å². The second kappa shape index (κ2) is 9.37. The molecule has 0 aliphatic heterocycles. The molecule has 0 saturated heterocycles. The van der Waals surface area contributed by atoms with E-state index in [1.165, 1.54) is 0 Å². The fourth-order valence-electron chi connectivity index (χ4n) is 1.85. The van der Waals surface area contributed by atoms with Gasteiger partial charge in [-0.15, -0.1) is 0 Å². The van der Waals surface area contributed by atoms with Crippen LogP contribution in [0.25, 0.3) is 0 Å². The predicted octanol–water partition coefficient (Wildman–Crippen LogP) is 2.89. The number of nitrogens with zero attached hydrogens (tertiary/aromatic N) is 1. The molecule has 3 heteroatoms. The van der Waals surface area contributed by atoms with E-state index in [1.807, 2.05) is 11.8 Å². The van der Waals surface area contributed by atoms with Gasteiger partial charge in [0.2, 0.25) is 5.91 Å². The van der Waals surface area contributed by atoms with Gasteiger partial charge in [-0.3, -0.25) is 4.79 Å². The van der Waals surface area contributed by atoms with E-state index in [-0.39, 0.29) is 11.8 Å². The third-order valence-electron chi connectivity index (χ3n) is 3.29. The van der Waals surface area contributed by atoms with E-state index in [0.29, 0.717) is 18.4 Å². The highest BCUT2D eigenvalue weighted by atomic mass is 16.2. The lowest BCUT2D eigenvalue weighted by Gasteiger charge is -2.27. The van der Waals surface area contributed by atoms with Crippen LogP contribution in [0, 0.1) is 17.8 Å². The summed E-state index contributed by atoms with van der Waals surface area (Å²) in [7, 11) is 0. The second-order valence-corrected chi connectivity index (χ2v) is 6.17. The normalized spacial score (nSPS) is 13.1. The third-order valence-corrected chi connectivity index (χ3v) is 3.29. The van der Waals surface area contributed by atoms with Gasteiger partial charge in [0.1, 0.15) is 0 Å². The van der Waals surface area contributed by atoms with Crippen LogP contribution in [-0.2, 0) is 4.79 Å². The summed E-state index contributed by atoms with van der Waals surface area (Å²) in [5, 5.41) is 0. The molecule has 1 unspecified atom stereocenters. The average molecular weight is 256 g/mol. The first kappa shape index (κ1) is 17.4. The van der Waals surface area contributed by atoms with Crippen LogP contribution >= 0.6 is 0 Å². The van der Waals surface area contributed by atoms with E-state index in [0.717, 1.165) is 32.4 Å². The first-order chi connectivity index (χ1) is 8.38. The maximum Gasteiger partial charge on any atom is 0.225 e. The maximum atomic E-state index is 12.3. The number of amides is 1. The van der Waals surface area contributed by atoms with Crippen molar-refractivity contribution in [1.82, 2.24) is 4.90 Å². The Morgan fingerprint density at radius 1 is 0.944 bits per heavy atom. The van der Waals surface area contributed by atoms with E-state index in [1.54, 1.807) is 0 Å². The monoisotopic (exact) mass is 256 g/mol. The Morgan fingerprint density at radius 2 is 1.39 bits per heavy atom. The SMILES string of the molecule is CC(C)CCN(CCC(C)C)C(=O)C(C)CCN. The molecule has 0 saturated carbocycles. The molecule has 0 aromatic rings. The lowest BCUT2D eigenvalue weighted by atomic mass is 10.0. The van der Waals surface area contributed by atoms with Crippen molar-refractivity contribution in [3.05, 3.63) is 0 Å². The topological polar surface area (TPSA) is 46.3 Å². The summed E-state index contributed by atoms with van der Waals surface area (Å²) in [4.78, 5) is 14.4. The summed E-state index contributed by atoms with van der Waals surface area (Å²) in [5.74, 6) is 1.63. The Balaban J connectivity index is 4.37. The summed E-state index contributed by atoms with van der Waals surface area (Å²) < 4.78 is 0. The van der Waals surface area contributed by atoms with Crippen molar-refractivity contribution in [2.75, 3.05) is 19.6 Å². The van der Waals surface area contributed by atoms with Crippen molar-refractivity contribution in [3.63, 3.8) is 0 Å². The van der Waals surface area contributed by atoms with Crippen molar-refractivity contribution in [1.29, 1.82) is 0 Å². The number of hydrogen-bond donors (Lipinski definition) is 1. The van der Waals surface area contributed by atoms with Crippen LogP contribution in [0.15, 0.2) is 0 Å². The molecule has 108 valence electrons. The zero-order valence-corrected chi connectivity index (χ0v) is 12.9. The van der Waals surface area contributed by atoms with Crippen molar-refractivity contribution in [2.45, 2.75) is 53.9 Å². The average Bonchev–Trinajstić information content (AvgIpc) is 2.28. The predicted molar refractivity (Wildman–Crippen MR) is 78.3 cm³/mol. The van der Waals surface area contributed by atoms with Crippen molar-refractivity contribution in [3.8, 4) is 0 Å². The van der Waals surface area contributed by atoms with Gasteiger partial charge in [-0.05, 0) is 37.6 Å². The minimum Gasteiger partial charge on any atom is -0.342 e. The zero-order valence-electron chi connectivity index (χ0n) is 12.9. The molecule has 1 amide bonds. The number of rotatable bonds is 9. The van der Waals surface area contributed by atoms with Crippen LogP contribution in [-0.4, -0.2) is 30.4 Å². The van der Waals surface area contributed by atoms with Gasteiger partial charge in [-0.1, -0.05) is 34.6 Å². The van der Waals surface area contributed by atoms with Crippen LogP contribution in [0.1, 0.15) is 53.9 Å². The highest BCUT2D eigenvalue weighted by Gasteiger charge is 2.19. The van der Waals surface area contributed by atoms with Gasteiger partial charge in [0, 0.05) is 19.0 Å². The summed E-state index contributed by atoms with van der Waals surface area (Å²) >= 11 is 0. The highest BCUT2D eigenvalue weighted by Crippen LogP contribution is 2.12. The molecule has 2 N–H and O–H groups in total. The van der Waals surface area contributed by atoms with E-state index >= 15 is 0 Å². The summed E-state index contributed by atoms with van der Waals surface area (Å²) in [6.07, 6.45) is 2.96. The largest absolute Gasteiger partial charge is 0.342 e. The Kier molecular flexibility index (Phi) is 9.08.